The standard InChI is InChI=1S/C26H38N4O5/c1-18-14-21-23(16-26(2,3)17-24(21)31)30(18)19-4-5-20(25(28)32)22(15-19)29-7-9-34-11-13-35-12-10-33-8-6-27/h4-5,14-15,29H,6-13,16-17,27H2,1-3H3,(H2,28,32). The van der Waals surface area contributed by atoms with Gasteiger partial charge in [-0.25, -0.2) is 0 Å². The first-order chi connectivity index (χ1) is 16.7. The van der Waals surface area contributed by atoms with Crippen molar-refractivity contribution in [2.75, 3.05) is 58.0 Å². The Kier molecular flexibility index (Phi) is 9.45. The lowest BCUT2D eigenvalue weighted by molar-refractivity contribution is 0.0179. The van der Waals surface area contributed by atoms with E-state index in [1.807, 2.05) is 25.1 Å². The first kappa shape index (κ1) is 26.9. The second-order valence-electron chi connectivity index (χ2n) is 9.57. The lowest BCUT2D eigenvalue weighted by Gasteiger charge is -2.30. The van der Waals surface area contributed by atoms with E-state index >= 15 is 0 Å². The van der Waals surface area contributed by atoms with Crippen LogP contribution in [0.3, 0.4) is 0 Å². The topological polar surface area (TPSA) is 131 Å². The number of benzene rings is 1. The van der Waals surface area contributed by atoms with Crippen LogP contribution in [0.2, 0.25) is 0 Å². The van der Waals surface area contributed by atoms with Crippen molar-refractivity contribution in [2.24, 2.45) is 16.9 Å². The highest BCUT2D eigenvalue weighted by Crippen LogP contribution is 2.38. The van der Waals surface area contributed by atoms with Crippen LogP contribution in [0.5, 0.6) is 0 Å². The number of nitrogens with two attached hydrogens (primary N) is 2. The van der Waals surface area contributed by atoms with Crippen LogP contribution in [0.1, 0.15) is 52.4 Å². The van der Waals surface area contributed by atoms with Gasteiger partial charge in [0.2, 0.25) is 0 Å². The molecule has 9 nitrogen and oxygen atoms in total. The lowest BCUT2D eigenvalue weighted by Crippen LogP contribution is -2.27. The summed E-state index contributed by atoms with van der Waals surface area (Å²) < 4.78 is 18.4. The number of carbonyl (C=O) groups excluding carboxylic acids is 2. The van der Waals surface area contributed by atoms with Gasteiger partial charge in [0.1, 0.15) is 0 Å². The van der Waals surface area contributed by atoms with Crippen molar-refractivity contribution >= 4 is 17.4 Å². The Hall–Kier alpha value is -2.72. The van der Waals surface area contributed by atoms with E-state index in [0.717, 1.165) is 29.1 Å². The fourth-order valence-corrected chi connectivity index (χ4v) is 4.43. The van der Waals surface area contributed by atoms with Crippen LogP contribution in [0.15, 0.2) is 24.3 Å². The molecule has 9 heteroatoms. The molecule has 1 amide bonds. The van der Waals surface area contributed by atoms with Gasteiger partial charge in [0.25, 0.3) is 5.91 Å². The average molecular weight is 487 g/mol. The molecule has 1 aromatic heterocycles. The minimum absolute atomic E-state index is 0.0978. The van der Waals surface area contributed by atoms with Crippen molar-refractivity contribution in [1.82, 2.24) is 4.57 Å². The maximum Gasteiger partial charge on any atom is 0.250 e. The first-order valence-electron chi connectivity index (χ1n) is 12.1. The molecule has 1 aliphatic rings. The fraction of sp³-hybridized carbons (Fsp3) is 0.538. The van der Waals surface area contributed by atoms with Crippen molar-refractivity contribution in [3.8, 4) is 5.69 Å². The summed E-state index contributed by atoms with van der Waals surface area (Å²) in [6, 6.07) is 7.46. The minimum Gasteiger partial charge on any atom is -0.382 e. The van der Waals surface area contributed by atoms with E-state index in [4.69, 9.17) is 25.7 Å². The van der Waals surface area contributed by atoms with Gasteiger partial charge in [0, 0.05) is 47.8 Å². The van der Waals surface area contributed by atoms with Gasteiger partial charge < -0.3 is 35.6 Å². The fourth-order valence-electron chi connectivity index (χ4n) is 4.43. The third-order valence-electron chi connectivity index (χ3n) is 5.97. The lowest BCUT2D eigenvalue weighted by atomic mass is 9.76. The van der Waals surface area contributed by atoms with Crippen LogP contribution in [-0.2, 0) is 20.6 Å². The molecule has 0 radical (unpaired) electrons. The Bertz CT molecular complexity index is 1030. The number of amides is 1. The Balaban J connectivity index is 1.62. The number of hydrogen-bond donors (Lipinski definition) is 3. The molecule has 192 valence electrons. The molecule has 3 rings (SSSR count). The summed E-state index contributed by atoms with van der Waals surface area (Å²) in [6.45, 7) is 10.1. The predicted octanol–water partition coefficient (Wildman–Crippen LogP) is 2.46. The summed E-state index contributed by atoms with van der Waals surface area (Å²) in [5, 5.41) is 3.27. The van der Waals surface area contributed by atoms with Crippen LogP contribution in [0.4, 0.5) is 5.69 Å². The van der Waals surface area contributed by atoms with Crippen LogP contribution >= 0.6 is 0 Å². The number of primary amides is 1. The van der Waals surface area contributed by atoms with Crippen LogP contribution in [0.25, 0.3) is 5.69 Å². The van der Waals surface area contributed by atoms with Crippen molar-refractivity contribution in [3.63, 3.8) is 0 Å². The summed E-state index contributed by atoms with van der Waals surface area (Å²) in [4.78, 5) is 24.7. The summed E-state index contributed by atoms with van der Waals surface area (Å²) in [5.41, 5.74) is 15.6. The maximum atomic E-state index is 12.7. The van der Waals surface area contributed by atoms with E-state index in [9.17, 15) is 9.59 Å². The second-order valence-corrected chi connectivity index (χ2v) is 9.57. The Morgan fingerprint density at radius 3 is 2.34 bits per heavy atom. The van der Waals surface area contributed by atoms with E-state index in [0.29, 0.717) is 70.4 Å². The first-order valence-corrected chi connectivity index (χ1v) is 12.1. The zero-order valence-electron chi connectivity index (χ0n) is 21.0. The van der Waals surface area contributed by atoms with Gasteiger partial charge in [-0.15, -0.1) is 0 Å². The number of aryl methyl sites for hydroxylation is 1. The molecule has 0 saturated carbocycles. The molecule has 0 atom stereocenters. The summed E-state index contributed by atoms with van der Waals surface area (Å²) in [6.07, 6.45) is 1.35. The molecular weight excluding hydrogens is 448 g/mol. The second kappa shape index (κ2) is 12.3. The van der Waals surface area contributed by atoms with E-state index < -0.39 is 5.91 Å². The van der Waals surface area contributed by atoms with E-state index in [-0.39, 0.29) is 11.2 Å². The number of nitrogens with one attached hydrogen (secondary N) is 1. The van der Waals surface area contributed by atoms with E-state index in [1.54, 1.807) is 6.07 Å². The van der Waals surface area contributed by atoms with Gasteiger partial charge >= 0.3 is 0 Å². The maximum absolute atomic E-state index is 12.7. The average Bonchev–Trinajstić information content (AvgIpc) is 3.12. The third kappa shape index (κ3) is 7.14. The van der Waals surface area contributed by atoms with Gasteiger partial charge in [-0.05, 0) is 43.0 Å². The largest absolute Gasteiger partial charge is 0.382 e. The number of hydrogen-bond acceptors (Lipinski definition) is 7. The van der Waals surface area contributed by atoms with Crippen molar-refractivity contribution < 1.29 is 23.8 Å². The summed E-state index contributed by atoms with van der Waals surface area (Å²) in [5.74, 6) is -0.331. The number of anilines is 1. The number of Topliss-reactive ketones (excluding diaryl/α,β-unsaturated/α-hetero) is 1. The quantitative estimate of drug-likeness (QED) is 0.350. The van der Waals surface area contributed by atoms with Crippen molar-refractivity contribution in [3.05, 3.63) is 46.8 Å². The smallest absolute Gasteiger partial charge is 0.250 e. The zero-order valence-corrected chi connectivity index (χ0v) is 21.0. The molecule has 0 bridgehead atoms. The third-order valence-corrected chi connectivity index (χ3v) is 5.97. The number of fused-ring (bicyclic) bond motifs is 1. The van der Waals surface area contributed by atoms with Gasteiger partial charge in [-0.2, -0.15) is 0 Å². The number of carbonyl (C=O) groups is 2. The molecule has 1 heterocycles. The molecular formula is C26H38N4O5. The number of ketones is 1. The van der Waals surface area contributed by atoms with Crippen molar-refractivity contribution in [2.45, 2.75) is 33.6 Å². The molecule has 0 saturated heterocycles. The normalized spacial score (nSPS) is 14.7. The highest BCUT2D eigenvalue weighted by atomic mass is 16.5. The molecule has 5 N–H and O–H groups in total. The molecule has 1 aliphatic carbocycles. The van der Waals surface area contributed by atoms with E-state index in [1.165, 1.54) is 0 Å². The van der Waals surface area contributed by atoms with Crippen LogP contribution < -0.4 is 16.8 Å². The van der Waals surface area contributed by atoms with Gasteiger partial charge in [0.15, 0.2) is 5.78 Å². The number of ether oxygens (including phenoxy) is 3. The number of rotatable bonds is 14. The highest BCUT2D eigenvalue weighted by molar-refractivity contribution is 6.00. The molecule has 0 aliphatic heterocycles. The minimum atomic E-state index is -0.507. The van der Waals surface area contributed by atoms with Crippen LogP contribution in [-0.4, -0.2) is 69.0 Å². The molecule has 0 fully saturated rings. The zero-order chi connectivity index (χ0) is 25.4. The SMILES string of the molecule is Cc1cc2c(n1-c1ccc(C(N)=O)c(NCCOCCOCCOCCN)c1)CC(C)(C)CC2=O. The Morgan fingerprint density at radius 1 is 1.03 bits per heavy atom. The monoisotopic (exact) mass is 486 g/mol. The summed E-state index contributed by atoms with van der Waals surface area (Å²) in [7, 11) is 0. The Morgan fingerprint density at radius 2 is 1.69 bits per heavy atom. The molecule has 2 aromatic rings. The number of nitrogens with zero attached hydrogens (tertiary/aromatic N) is 1. The molecule has 0 spiro atoms. The van der Waals surface area contributed by atoms with E-state index in [2.05, 4.69) is 23.7 Å². The molecule has 1 aromatic carbocycles. The van der Waals surface area contributed by atoms with Crippen LogP contribution in [0, 0.1) is 12.3 Å². The van der Waals surface area contributed by atoms with Gasteiger partial charge in [-0.1, -0.05) is 13.8 Å². The molecule has 0 unspecified atom stereocenters. The number of aromatic nitrogens is 1. The van der Waals surface area contributed by atoms with Gasteiger partial charge in [0.05, 0.1) is 45.2 Å². The summed E-state index contributed by atoms with van der Waals surface area (Å²) >= 11 is 0. The van der Waals surface area contributed by atoms with Crippen molar-refractivity contribution in [1.29, 1.82) is 0 Å². The van der Waals surface area contributed by atoms with Gasteiger partial charge in [-0.3, -0.25) is 9.59 Å². The molecule has 35 heavy (non-hydrogen) atoms. The predicted molar refractivity (Wildman–Crippen MR) is 135 cm³/mol. The Labute approximate surface area is 207 Å². The highest BCUT2D eigenvalue weighted by Gasteiger charge is 2.34.